The van der Waals surface area contributed by atoms with Gasteiger partial charge in [0.05, 0.1) is 0 Å². The van der Waals surface area contributed by atoms with Gasteiger partial charge in [-0.15, -0.1) is 0 Å². The van der Waals surface area contributed by atoms with Crippen molar-refractivity contribution in [3.63, 3.8) is 0 Å². The molecule has 0 aliphatic carbocycles. The van der Waals surface area contributed by atoms with Gasteiger partial charge >= 0.3 is 0 Å². The van der Waals surface area contributed by atoms with Crippen molar-refractivity contribution in [1.82, 2.24) is 0 Å². The molecule has 0 rings (SSSR count). The Labute approximate surface area is 185 Å². The molecule has 0 aliphatic rings. The van der Waals surface area contributed by atoms with Crippen LogP contribution in [0.4, 0.5) is 0 Å². The molecule has 0 heteroatoms. The van der Waals surface area contributed by atoms with E-state index in [9.17, 15) is 0 Å². The fourth-order valence-corrected chi connectivity index (χ4v) is 3.80. The van der Waals surface area contributed by atoms with Crippen LogP contribution in [0.15, 0.2) is 36.5 Å². The minimum absolute atomic E-state index is 1.13. The molecule has 0 amide bonds. The molecule has 0 unspecified atom stereocenters. The lowest BCUT2D eigenvalue weighted by Gasteiger charge is -2.03. The van der Waals surface area contributed by atoms with E-state index in [1.165, 1.54) is 128 Å². The monoisotopic (exact) mass is 402 g/mol. The van der Waals surface area contributed by atoms with E-state index in [4.69, 9.17) is 0 Å². The van der Waals surface area contributed by atoms with Crippen molar-refractivity contribution in [2.24, 2.45) is 0 Å². The van der Waals surface area contributed by atoms with E-state index >= 15 is 0 Å². The van der Waals surface area contributed by atoms with Gasteiger partial charge in [-0.3, -0.25) is 0 Å². The largest absolute Gasteiger partial charge is 0.0885 e. The van der Waals surface area contributed by atoms with E-state index in [-0.39, 0.29) is 0 Å². The van der Waals surface area contributed by atoms with Crippen LogP contribution in [-0.4, -0.2) is 0 Å². The first kappa shape index (κ1) is 28.2. The van der Waals surface area contributed by atoms with Gasteiger partial charge in [0.1, 0.15) is 0 Å². The van der Waals surface area contributed by atoms with Gasteiger partial charge in [0.25, 0.3) is 0 Å². The van der Waals surface area contributed by atoms with Crippen LogP contribution in [0.1, 0.15) is 149 Å². The van der Waals surface area contributed by atoms with Crippen LogP contribution in [0.25, 0.3) is 0 Å². The lowest BCUT2D eigenvalue weighted by molar-refractivity contribution is 0.527. The summed E-state index contributed by atoms with van der Waals surface area (Å²) in [6.45, 7) is 4.47. The molecule has 0 aromatic heterocycles. The first-order valence-corrected chi connectivity index (χ1v) is 13.4. The van der Waals surface area contributed by atoms with Crippen molar-refractivity contribution in [1.29, 1.82) is 0 Å². The third-order valence-electron chi connectivity index (χ3n) is 5.76. The van der Waals surface area contributed by atoms with Crippen LogP contribution in [0.5, 0.6) is 0 Å². The third-order valence-corrected chi connectivity index (χ3v) is 5.76. The van der Waals surface area contributed by atoms with Crippen molar-refractivity contribution in [2.45, 2.75) is 149 Å². The third kappa shape index (κ3) is 27.2. The Balaban J connectivity index is 3.10. The molecule has 0 saturated carbocycles. The summed E-state index contributed by atoms with van der Waals surface area (Å²) in [5, 5.41) is 0. The summed E-state index contributed by atoms with van der Waals surface area (Å²) >= 11 is 0. The van der Waals surface area contributed by atoms with E-state index in [1.807, 2.05) is 0 Å². The zero-order valence-corrected chi connectivity index (χ0v) is 20.3. The zero-order valence-electron chi connectivity index (χ0n) is 20.3. The van der Waals surface area contributed by atoms with Crippen LogP contribution in [-0.2, 0) is 0 Å². The fourth-order valence-electron chi connectivity index (χ4n) is 3.80. The molecule has 0 aliphatic heterocycles. The maximum atomic E-state index is 2.39. The molecule has 0 saturated heterocycles. The fraction of sp³-hybridized carbons (Fsp3) is 0.793. The Morgan fingerprint density at radius 3 is 1.21 bits per heavy atom. The Kier molecular flexibility index (Phi) is 26.5. The number of unbranched alkanes of at least 4 members (excludes halogenated alkanes) is 18. The summed E-state index contributed by atoms with van der Waals surface area (Å²) in [6, 6.07) is 0. The van der Waals surface area contributed by atoms with Crippen LogP contribution in [0, 0.1) is 0 Å². The Bertz CT molecular complexity index is 360. The first-order valence-electron chi connectivity index (χ1n) is 13.4. The Morgan fingerprint density at radius 1 is 0.345 bits per heavy atom. The van der Waals surface area contributed by atoms with Gasteiger partial charge in [-0.05, 0) is 32.1 Å². The highest BCUT2D eigenvalue weighted by Crippen LogP contribution is 2.14. The number of rotatable bonds is 23. The molecule has 0 aromatic rings. The lowest BCUT2D eigenvalue weighted by atomic mass is 10.0. The highest BCUT2D eigenvalue weighted by molar-refractivity contribution is 5.02. The maximum absolute atomic E-state index is 2.39. The average Bonchev–Trinajstić information content (AvgIpc) is 2.74. The van der Waals surface area contributed by atoms with Crippen LogP contribution in [0.3, 0.4) is 0 Å². The predicted molar refractivity (Wildman–Crippen MR) is 136 cm³/mol. The summed E-state index contributed by atoms with van der Waals surface area (Å²) in [7, 11) is 0. The molecular weight excluding hydrogens is 348 g/mol. The van der Waals surface area contributed by atoms with Crippen LogP contribution < -0.4 is 0 Å². The topological polar surface area (TPSA) is 0 Å². The van der Waals surface area contributed by atoms with E-state index in [2.05, 4.69) is 50.3 Å². The van der Waals surface area contributed by atoms with Crippen LogP contribution >= 0.6 is 0 Å². The van der Waals surface area contributed by atoms with Gasteiger partial charge in [-0.1, -0.05) is 153 Å². The van der Waals surface area contributed by atoms with Gasteiger partial charge < -0.3 is 0 Å². The van der Waals surface area contributed by atoms with Crippen molar-refractivity contribution in [3.8, 4) is 0 Å². The number of allylic oxidation sites excluding steroid dienone is 6. The highest BCUT2D eigenvalue weighted by atomic mass is 14.0. The second-order valence-corrected chi connectivity index (χ2v) is 8.76. The second kappa shape index (κ2) is 27.2. The van der Waals surface area contributed by atoms with Crippen molar-refractivity contribution in [2.75, 3.05) is 0 Å². The van der Waals surface area contributed by atoms with E-state index in [1.54, 1.807) is 0 Å². The maximum Gasteiger partial charge on any atom is -0.0313 e. The summed E-state index contributed by atoms with van der Waals surface area (Å²) in [5.41, 5.74) is 0. The van der Waals surface area contributed by atoms with Crippen molar-refractivity contribution < 1.29 is 0 Å². The molecule has 29 heavy (non-hydrogen) atoms. The first-order chi connectivity index (χ1) is 14.4. The van der Waals surface area contributed by atoms with Crippen molar-refractivity contribution in [3.05, 3.63) is 36.5 Å². The Morgan fingerprint density at radius 2 is 0.724 bits per heavy atom. The molecule has 0 N–H and O–H groups in total. The molecule has 0 heterocycles. The SMILES string of the molecule is CC/C=C/C=C/CC/C=C/CCCCCCCCCCCCCCCCCCC. The van der Waals surface area contributed by atoms with Gasteiger partial charge in [0, 0.05) is 0 Å². The molecule has 0 radical (unpaired) electrons. The van der Waals surface area contributed by atoms with Crippen molar-refractivity contribution >= 4 is 0 Å². The van der Waals surface area contributed by atoms with Gasteiger partial charge in [0.2, 0.25) is 0 Å². The molecule has 170 valence electrons. The molecule has 0 bridgehead atoms. The molecule has 0 nitrogen and oxygen atoms in total. The summed E-state index contributed by atoms with van der Waals surface area (Å²) in [4.78, 5) is 0. The van der Waals surface area contributed by atoms with E-state index < -0.39 is 0 Å². The number of hydrogen-bond acceptors (Lipinski definition) is 0. The standard InChI is InChI=1S/C29H54/c1-3-5-7-9-11-13-15-17-19-21-23-25-27-29-28-26-24-22-20-18-16-14-12-10-8-6-4-2/h5,7,9,11,17,19H,3-4,6,8,10,12-16,18,20-29H2,1-2H3/b7-5+,11-9+,19-17+. The molecule has 0 aromatic carbocycles. The van der Waals surface area contributed by atoms with E-state index in [0.29, 0.717) is 0 Å². The molecule has 0 fully saturated rings. The van der Waals surface area contributed by atoms with Gasteiger partial charge in [0.15, 0.2) is 0 Å². The molecular formula is C29H54. The van der Waals surface area contributed by atoms with E-state index in [0.717, 1.165) is 6.42 Å². The number of hydrogen-bond donors (Lipinski definition) is 0. The molecule has 0 atom stereocenters. The highest BCUT2D eigenvalue weighted by Gasteiger charge is 1.94. The summed E-state index contributed by atoms with van der Waals surface area (Å²) in [5.74, 6) is 0. The van der Waals surface area contributed by atoms with Gasteiger partial charge in [-0.2, -0.15) is 0 Å². The molecule has 0 spiro atoms. The smallest absolute Gasteiger partial charge is 0.0313 e. The summed E-state index contributed by atoms with van der Waals surface area (Å²) < 4.78 is 0. The Hall–Kier alpha value is -0.780. The average molecular weight is 403 g/mol. The predicted octanol–water partition coefficient (Wildman–Crippen LogP) is 10.9. The second-order valence-electron chi connectivity index (χ2n) is 8.76. The zero-order chi connectivity index (χ0) is 21.1. The van der Waals surface area contributed by atoms with Crippen LogP contribution in [0.2, 0.25) is 0 Å². The lowest BCUT2D eigenvalue weighted by Crippen LogP contribution is -1.83. The van der Waals surface area contributed by atoms with Gasteiger partial charge in [-0.25, -0.2) is 0 Å². The summed E-state index contributed by atoms with van der Waals surface area (Å²) in [6.07, 6.45) is 43.0. The minimum Gasteiger partial charge on any atom is -0.0885 e. The quantitative estimate of drug-likeness (QED) is 0.0905. The minimum atomic E-state index is 1.13. The normalized spacial score (nSPS) is 12.2.